The number of hydrogen-bond donors (Lipinski definition) is 3. The van der Waals surface area contributed by atoms with E-state index in [2.05, 4.69) is 10.6 Å². The molecule has 130 valence electrons. The number of para-hydroxylation sites is 1. The van der Waals surface area contributed by atoms with E-state index in [0.29, 0.717) is 0 Å². The number of benzene rings is 1. The minimum Gasteiger partial charge on any atom is -0.480 e. The van der Waals surface area contributed by atoms with Gasteiger partial charge in [-0.1, -0.05) is 12.1 Å². The minimum absolute atomic E-state index is 0.0815. The van der Waals surface area contributed by atoms with Crippen molar-refractivity contribution in [2.24, 2.45) is 0 Å². The molecular formula is C14H13F3N2O4S. The summed E-state index contributed by atoms with van der Waals surface area (Å²) in [5.74, 6) is -2.48. The highest BCUT2D eigenvalue weighted by Crippen LogP contribution is 2.34. The largest absolute Gasteiger partial charge is 0.480 e. The zero-order valence-corrected chi connectivity index (χ0v) is 12.9. The first kappa shape index (κ1) is 18.1. The maximum absolute atomic E-state index is 12.9. The SMILES string of the molecule is O=C(C[C@H]1SC[C@H](C(=O)O)NC1=O)Nc1ccccc1C(F)(F)F. The second-order valence-corrected chi connectivity index (χ2v) is 6.25. The van der Waals surface area contributed by atoms with Gasteiger partial charge in [-0.2, -0.15) is 13.2 Å². The first-order valence-electron chi connectivity index (χ1n) is 6.79. The van der Waals surface area contributed by atoms with Gasteiger partial charge < -0.3 is 15.7 Å². The van der Waals surface area contributed by atoms with Crippen LogP contribution in [0.5, 0.6) is 0 Å². The number of hydrogen-bond acceptors (Lipinski definition) is 4. The zero-order chi connectivity index (χ0) is 17.9. The van der Waals surface area contributed by atoms with E-state index in [1.807, 2.05) is 0 Å². The molecule has 0 saturated carbocycles. The van der Waals surface area contributed by atoms with Crippen molar-refractivity contribution in [3.05, 3.63) is 29.8 Å². The number of thioether (sulfide) groups is 1. The molecule has 1 heterocycles. The fourth-order valence-electron chi connectivity index (χ4n) is 2.09. The van der Waals surface area contributed by atoms with Crippen LogP contribution in [0.4, 0.5) is 18.9 Å². The summed E-state index contributed by atoms with van der Waals surface area (Å²) in [6.45, 7) is 0. The van der Waals surface area contributed by atoms with E-state index in [1.54, 1.807) is 0 Å². The summed E-state index contributed by atoms with van der Waals surface area (Å²) in [7, 11) is 0. The first-order valence-corrected chi connectivity index (χ1v) is 7.84. The topological polar surface area (TPSA) is 95.5 Å². The number of carboxylic acid groups (broad SMARTS) is 1. The molecule has 1 aromatic rings. The van der Waals surface area contributed by atoms with Gasteiger partial charge in [-0.05, 0) is 12.1 Å². The summed E-state index contributed by atoms with van der Waals surface area (Å²) in [4.78, 5) is 34.5. The number of carboxylic acids is 1. The van der Waals surface area contributed by atoms with Crippen LogP contribution in [0, 0.1) is 0 Å². The fraction of sp³-hybridized carbons (Fsp3) is 0.357. The van der Waals surface area contributed by atoms with Crippen LogP contribution in [0.3, 0.4) is 0 Å². The van der Waals surface area contributed by atoms with Gasteiger partial charge in [-0.3, -0.25) is 9.59 Å². The van der Waals surface area contributed by atoms with Crippen molar-refractivity contribution in [2.75, 3.05) is 11.1 Å². The molecule has 1 aliphatic heterocycles. The zero-order valence-electron chi connectivity index (χ0n) is 12.1. The lowest BCUT2D eigenvalue weighted by Gasteiger charge is -2.26. The Bertz CT molecular complexity index is 666. The number of nitrogens with one attached hydrogen (secondary N) is 2. The van der Waals surface area contributed by atoms with Crippen LogP contribution < -0.4 is 10.6 Å². The Balaban J connectivity index is 2.00. The fourth-order valence-corrected chi connectivity index (χ4v) is 3.23. The van der Waals surface area contributed by atoms with Crippen LogP contribution in [0.2, 0.25) is 0 Å². The van der Waals surface area contributed by atoms with Gasteiger partial charge in [0.2, 0.25) is 11.8 Å². The number of alkyl halides is 3. The molecule has 0 radical (unpaired) electrons. The van der Waals surface area contributed by atoms with E-state index in [0.717, 1.165) is 23.9 Å². The van der Waals surface area contributed by atoms with Crippen molar-refractivity contribution in [2.45, 2.75) is 23.9 Å². The van der Waals surface area contributed by atoms with Gasteiger partial charge in [0.25, 0.3) is 0 Å². The number of carbonyl (C=O) groups is 3. The van der Waals surface area contributed by atoms with Crippen LogP contribution >= 0.6 is 11.8 Å². The molecule has 0 spiro atoms. The Kier molecular flexibility index (Phi) is 5.37. The van der Waals surface area contributed by atoms with Crippen LogP contribution in [0.25, 0.3) is 0 Å². The predicted octanol–water partition coefficient (Wildman–Crippen LogP) is 1.72. The number of carbonyl (C=O) groups excluding carboxylic acids is 2. The molecule has 24 heavy (non-hydrogen) atoms. The Hall–Kier alpha value is -2.23. The highest BCUT2D eigenvalue weighted by molar-refractivity contribution is 8.00. The summed E-state index contributed by atoms with van der Waals surface area (Å²) >= 11 is 0.980. The maximum Gasteiger partial charge on any atom is 0.418 e. The Morgan fingerprint density at radius 2 is 2.00 bits per heavy atom. The molecule has 1 fully saturated rings. The second-order valence-electron chi connectivity index (χ2n) is 5.02. The third-order valence-electron chi connectivity index (χ3n) is 3.25. The highest BCUT2D eigenvalue weighted by atomic mass is 32.2. The van der Waals surface area contributed by atoms with Gasteiger partial charge in [0.1, 0.15) is 6.04 Å². The number of anilines is 1. The lowest BCUT2D eigenvalue weighted by atomic mass is 10.1. The number of aliphatic carboxylic acids is 1. The molecule has 0 aromatic heterocycles. The molecule has 1 aliphatic rings. The number of halogens is 3. The van der Waals surface area contributed by atoms with E-state index in [1.165, 1.54) is 12.1 Å². The molecule has 1 saturated heterocycles. The molecule has 10 heteroatoms. The number of rotatable bonds is 4. The molecule has 2 atom stereocenters. The normalized spacial score (nSPS) is 21.0. The molecule has 6 nitrogen and oxygen atoms in total. The van der Waals surface area contributed by atoms with Crippen LogP contribution in [0.15, 0.2) is 24.3 Å². The lowest BCUT2D eigenvalue weighted by Crippen LogP contribution is -2.51. The molecule has 0 bridgehead atoms. The van der Waals surface area contributed by atoms with E-state index < -0.39 is 40.8 Å². The number of amides is 2. The van der Waals surface area contributed by atoms with Crippen molar-refractivity contribution in [1.29, 1.82) is 0 Å². The van der Waals surface area contributed by atoms with Gasteiger partial charge >= 0.3 is 12.1 Å². The van der Waals surface area contributed by atoms with Crippen molar-refractivity contribution >= 4 is 35.2 Å². The monoisotopic (exact) mass is 362 g/mol. The Labute approximate surface area is 138 Å². The summed E-state index contributed by atoms with van der Waals surface area (Å²) < 4.78 is 38.6. The highest BCUT2D eigenvalue weighted by Gasteiger charge is 2.35. The predicted molar refractivity (Wildman–Crippen MR) is 80.5 cm³/mol. The van der Waals surface area contributed by atoms with Gasteiger partial charge in [0, 0.05) is 12.2 Å². The van der Waals surface area contributed by atoms with Crippen molar-refractivity contribution < 1.29 is 32.7 Å². The standard InChI is InChI=1S/C14H13F3N2O4S/c15-14(16,17)7-3-1-2-4-8(7)18-11(20)5-10-12(21)19-9(6-24-10)13(22)23/h1-4,9-10H,5-6H2,(H,18,20)(H,19,21)(H,22,23)/t9-,10-/m1/s1. The quantitative estimate of drug-likeness (QED) is 0.758. The third kappa shape index (κ3) is 4.40. The summed E-state index contributed by atoms with van der Waals surface area (Å²) in [5, 5.41) is 12.4. The lowest BCUT2D eigenvalue weighted by molar-refractivity contribution is -0.141. The average Bonchev–Trinajstić information content (AvgIpc) is 2.48. The van der Waals surface area contributed by atoms with E-state index in [9.17, 15) is 27.6 Å². The minimum atomic E-state index is -4.62. The van der Waals surface area contributed by atoms with Gasteiger partial charge in [0.05, 0.1) is 16.5 Å². The molecule has 2 amide bonds. The Morgan fingerprint density at radius 3 is 2.58 bits per heavy atom. The summed E-state index contributed by atoms with van der Waals surface area (Å²) in [6.07, 6.45) is -4.97. The van der Waals surface area contributed by atoms with Gasteiger partial charge in [0.15, 0.2) is 0 Å². The molecule has 0 unspecified atom stereocenters. The molecule has 3 N–H and O–H groups in total. The summed E-state index contributed by atoms with van der Waals surface area (Å²) in [5.41, 5.74) is -1.37. The molecular weight excluding hydrogens is 349 g/mol. The van der Waals surface area contributed by atoms with Gasteiger partial charge in [-0.25, -0.2) is 4.79 Å². The van der Waals surface area contributed by atoms with Crippen molar-refractivity contribution in [3.63, 3.8) is 0 Å². The van der Waals surface area contributed by atoms with E-state index in [-0.39, 0.29) is 17.9 Å². The smallest absolute Gasteiger partial charge is 0.418 e. The summed E-state index contributed by atoms with van der Waals surface area (Å²) in [6, 6.07) is 3.48. The third-order valence-corrected chi connectivity index (χ3v) is 4.56. The van der Waals surface area contributed by atoms with Crippen LogP contribution in [-0.4, -0.2) is 39.9 Å². The maximum atomic E-state index is 12.9. The Morgan fingerprint density at radius 1 is 1.33 bits per heavy atom. The van der Waals surface area contributed by atoms with Crippen molar-refractivity contribution in [3.8, 4) is 0 Å². The van der Waals surface area contributed by atoms with Crippen LogP contribution in [0.1, 0.15) is 12.0 Å². The first-order chi connectivity index (χ1) is 11.2. The average molecular weight is 362 g/mol. The molecule has 0 aliphatic carbocycles. The van der Waals surface area contributed by atoms with Gasteiger partial charge in [-0.15, -0.1) is 11.8 Å². The van der Waals surface area contributed by atoms with Crippen molar-refractivity contribution in [1.82, 2.24) is 5.32 Å². The molecule has 1 aromatic carbocycles. The van der Waals surface area contributed by atoms with Crippen LogP contribution in [-0.2, 0) is 20.6 Å². The van der Waals surface area contributed by atoms with E-state index >= 15 is 0 Å². The van der Waals surface area contributed by atoms with E-state index in [4.69, 9.17) is 5.11 Å². The second kappa shape index (κ2) is 7.12. The molecule has 2 rings (SSSR count).